The summed E-state index contributed by atoms with van der Waals surface area (Å²) < 4.78 is 8.88. The molecule has 0 heterocycles. The Morgan fingerprint density at radius 1 is 1.21 bits per heavy atom. The Hall–Kier alpha value is -0.870. The molecule has 0 aliphatic heterocycles. The van der Waals surface area contributed by atoms with E-state index in [2.05, 4.69) is 0 Å². The van der Waals surface area contributed by atoms with E-state index in [1.807, 2.05) is 25.1 Å². The van der Waals surface area contributed by atoms with Crippen LogP contribution in [-0.4, -0.2) is 19.8 Å². The van der Waals surface area contributed by atoms with Crippen molar-refractivity contribution in [1.29, 1.82) is 0 Å². The summed E-state index contributed by atoms with van der Waals surface area (Å²) >= 11 is 0. The van der Waals surface area contributed by atoms with Crippen LogP contribution in [0.2, 0.25) is 0 Å². The van der Waals surface area contributed by atoms with E-state index in [4.69, 9.17) is 24.4 Å². The Balaban J connectivity index is 0.000000292. The molecule has 1 aromatic carbocycles. The van der Waals surface area contributed by atoms with Gasteiger partial charge in [-0.15, -0.1) is 0 Å². The van der Waals surface area contributed by atoms with Crippen molar-refractivity contribution in [2.24, 2.45) is 0 Å². The molecule has 1 rings (SSSR count). The van der Waals surface area contributed by atoms with Crippen molar-refractivity contribution in [3.05, 3.63) is 29.8 Å². The summed E-state index contributed by atoms with van der Waals surface area (Å²) in [6.45, 7) is 2.02. The molecule has 1 aromatic rings. The van der Waals surface area contributed by atoms with Crippen LogP contribution < -0.4 is 0 Å². The summed E-state index contributed by atoms with van der Waals surface area (Å²) in [4.78, 5) is 21.6. The van der Waals surface area contributed by atoms with Crippen LogP contribution in [0.4, 0.5) is 0 Å². The Labute approximate surface area is 81.9 Å². The Bertz CT molecular complexity index is 311. The smallest absolute Gasteiger partial charge is 0.466 e. The van der Waals surface area contributed by atoms with Gasteiger partial charge in [0, 0.05) is 0 Å². The van der Waals surface area contributed by atoms with Crippen LogP contribution in [0, 0.1) is 0 Å². The highest BCUT2D eigenvalue weighted by Gasteiger charge is 2.00. The quantitative estimate of drug-likeness (QED) is 0.530. The van der Waals surface area contributed by atoms with Crippen LogP contribution in [0.25, 0.3) is 0 Å². The van der Waals surface area contributed by atoms with Crippen molar-refractivity contribution in [2.75, 3.05) is 0 Å². The minimum Gasteiger partial charge on any atom is -0.508 e. The SMILES string of the molecule is CCc1ccccc1O.O=P(O)(O)O. The van der Waals surface area contributed by atoms with Gasteiger partial charge in [0.1, 0.15) is 5.75 Å². The molecule has 5 nitrogen and oxygen atoms in total. The van der Waals surface area contributed by atoms with Gasteiger partial charge in [0.05, 0.1) is 0 Å². The van der Waals surface area contributed by atoms with Crippen molar-refractivity contribution in [1.82, 2.24) is 0 Å². The second-order valence-corrected chi connectivity index (χ2v) is 3.52. The third kappa shape index (κ3) is 7.76. The Kier molecular flexibility index (Phi) is 5.42. The van der Waals surface area contributed by atoms with Gasteiger partial charge in [-0.3, -0.25) is 0 Å². The molecular formula is C8H13O5P. The fourth-order valence-electron chi connectivity index (χ4n) is 0.810. The lowest BCUT2D eigenvalue weighted by Gasteiger charge is -1.97. The molecule has 0 fully saturated rings. The average Bonchev–Trinajstić information content (AvgIpc) is 2.02. The first kappa shape index (κ1) is 13.1. The molecule has 0 aliphatic carbocycles. The molecule has 0 saturated heterocycles. The number of aromatic hydroxyl groups is 1. The molecule has 0 amide bonds. The highest BCUT2D eigenvalue weighted by Crippen LogP contribution is 2.25. The van der Waals surface area contributed by atoms with Crippen molar-refractivity contribution < 1.29 is 24.4 Å². The first-order valence-electron chi connectivity index (χ1n) is 3.89. The van der Waals surface area contributed by atoms with E-state index in [9.17, 15) is 0 Å². The highest BCUT2D eigenvalue weighted by molar-refractivity contribution is 7.45. The van der Waals surface area contributed by atoms with Gasteiger partial charge in [-0.25, -0.2) is 4.57 Å². The lowest BCUT2D eigenvalue weighted by atomic mass is 10.1. The van der Waals surface area contributed by atoms with E-state index < -0.39 is 7.82 Å². The van der Waals surface area contributed by atoms with Crippen LogP contribution in [0.3, 0.4) is 0 Å². The monoisotopic (exact) mass is 220 g/mol. The maximum absolute atomic E-state index is 9.11. The van der Waals surface area contributed by atoms with Gasteiger partial charge < -0.3 is 19.8 Å². The van der Waals surface area contributed by atoms with E-state index in [0.29, 0.717) is 5.75 Å². The fourth-order valence-corrected chi connectivity index (χ4v) is 0.810. The Morgan fingerprint density at radius 2 is 1.64 bits per heavy atom. The van der Waals surface area contributed by atoms with Gasteiger partial charge in [-0.2, -0.15) is 0 Å². The summed E-state index contributed by atoms with van der Waals surface area (Å²) in [5.74, 6) is 0.403. The first-order valence-corrected chi connectivity index (χ1v) is 5.46. The number of hydrogen-bond donors (Lipinski definition) is 4. The lowest BCUT2D eigenvalue weighted by molar-refractivity contribution is 0.275. The minimum atomic E-state index is -4.64. The molecule has 0 radical (unpaired) electrons. The number of para-hydroxylation sites is 1. The molecule has 0 bridgehead atoms. The molecule has 0 spiro atoms. The summed E-state index contributed by atoms with van der Waals surface area (Å²) in [6, 6.07) is 7.39. The number of aryl methyl sites for hydroxylation is 1. The summed E-state index contributed by atoms with van der Waals surface area (Å²) in [6.07, 6.45) is 0.896. The van der Waals surface area contributed by atoms with Gasteiger partial charge in [-0.1, -0.05) is 25.1 Å². The topological polar surface area (TPSA) is 98.0 Å². The van der Waals surface area contributed by atoms with Gasteiger partial charge in [-0.05, 0) is 18.1 Å². The van der Waals surface area contributed by atoms with Crippen molar-refractivity contribution in [2.45, 2.75) is 13.3 Å². The number of rotatable bonds is 1. The minimum absolute atomic E-state index is 0.403. The summed E-state index contributed by atoms with van der Waals surface area (Å²) in [5.41, 5.74) is 1.01. The lowest BCUT2D eigenvalue weighted by Crippen LogP contribution is -1.77. The zero-order valence-corrected chi connectivity index (χ0v) is 8.56. The van der Waals surface area contributed by atoms with E-state index >= 15 is 0 Å². The van der Waals surface area contributed by atoms with Crippen LogP contribution in [0.15, 0.2) is 24.3 Å². The second-order valence-electron chi connectivity index (χ2n) is 2.50. The van der Waals surface area contributed by atoms with Crippen molar-refractivity contribution in [3.63, 3.8) is 0 Å². The summed E-state index contributed by atoms with van der Waals surface area (Å²) in [7, 11) is -4.64. The van der Waals surface area contributed by atoms with E-state index in [1.54, 1.807) is 6.07 Å². The largest absolute Gasteiger partial charge is 0.508 e. The fraction of sp³-hybridized carbons (Fsp3) is 0.250. The molecule has 6 heteroatoms. The van der Waals surface area contributed by atoms with Crippen LogP contribution in [0.5, 0.6) is 5.75 Å². The average molecular weight is 220 g/mol. The van der Waals surface area contributed by atoms with E-state index in [-0.39, 0.29) is 0 Å². The third-order valence-corrected chi connectivity index (χ3v) is 1.37. The third-order valence-electron chi connectivity index (χ3n) is 1.37. The predicted molar refractivity (Wildman–Crippen MR) is 51.7 cm³/mol. The first-order chi connectivity index (χ1) is 6.34. The molecular weight excluding hydrogens is 207 g/mol. The van der Waals surface area contributed by atoms with Crippen LogP contribution in [-0.2, 0) is 11.0 Å². The molecule has 0 aromatic heterocycles. The van der Waals surface area contributed by atoms with Gasteiger partial charge in [0.25, 0.3) is 0 Å². The second kappa shape index (κ2) is 5.78. The molecule has 14 heavy (non-hydrogen) atoms. The van der Waals surface area contributed by atoms with Gasteiger partial charge in [0.15, 0.2) is 0 Å². The zero-order chi connectivity index (χ0) is 11.2. The van der Waals surface area contributed by atoms with Crippen molar-refractivity contribution in [3.8, 4) is 5.75 Å². The standard InChI is InChI=1S/C8H10O.H3O4P/c1-2-7-5-3-4-6-8(7)9;1-5(2,3)4/h3-6,9H,2H2,1H3;(H3,1,2,3,4). The number of benzene rings is 1. The molecule has 80 valence electrons. The van der Waals surface area contributed by atoms with Gasteiger partial charge in [0.2, 0.25) is 0 Å². The van der Waals surface area contributed by atoms with Crippen LogP contribution >= 0.6 is 7.82 Å². The van der Waals surface area contributed by atoms with Gasteiger partial charge >= 0.3 is 7.82 Å². The molecule has 0 unspecified atom stereocenters. The normalized spacial score (nSPS) is 10.3. The Morgan fingerprint density at radius 3 is 1.93 bits per heavy atom. The maximum Gasteiger partial charge on any atom is 0.466 e. The predicted octanol–water partition coefficient (Wildman–Crippen LogP) is 1.03. The maximum atomic E-state index is 9.11. The molecule has 0 atom stereocenters. The summed E-state index contributed by atoms with van der Waals surface area (Å²) in [5, 5.41) is 9.11. The number of phosphoric acid groups is 1. The van der Waals surface area contributed by atoms with Crippen LogP contribution in [0.1, 0.15) is 12.5 Å². The van der Waals surface area contributed by atoms with E-state index in [1.165, 1.54) is 0 Å². The zero-order valence-electron chi connectivity index (χ0n) is 7.66. The number of phenols is 1. The molecule has 0 aliphatic rings. The molecule has 4 N–H and O–H groups in total. The highest BCUT2D eigenvalue weighted by atomic mass is 31.2. The number of phenolic OH excluding ortho intramolecular Hbond substituents is 1. The number of hydrogen-bond acceptors (Lipinski definition) is 2. The van der Waals surface area contributed by atoms with Crippen molar-refractivity contribution >= 4 is 7.82 Å². The molecule has 0 saturated carbocycles. The van der Waals surface area contributed by atoms with E-state index in [0.717, 1.165) is 12.0 Å².